The molecule has 0 amide bonds. The summed E-state index contributed by atoms with van der Waals surface area (Å²) in [5.41, 5.74) is 1.49. The van der Waals surface area contributed by atoms with Gasteiger partial charge in [0, 0.05) is 11.1 Å². The molecule has 45 heavy (non-hydrogen) atoms. The summed E-state index contributed by atoms with van der Waals surface area (Å²) in [5.74, 6) is -3.27. The summed E-state index contributed by atoms with van der Waals surface area (Å²) in [6.45, 7) is 3.89. The van der Waals surface area contributed by atoms with Crippen LogP contribution in [0.15, 0.2) is 30.3 Å². The van der Waals surface area contributed by atoms with E-state index in [1.54, 1.807) is 19.1 Å². The lowest BCUT2D eigenvalue weighted by Gasteiger charge is -2.36. The van der Waals surface area contributed by atoms with E-state index in [4.69, 9.17) is 9.47 Å². The molecule has 3 aliphatic carbocycles. The van der Waals surface area contributed by atoms with Crippen molar-refractivity contribution >= 4 is 11.5 Å². The molecular weight excluding hydrogens is 584 g/mol. The first kappa shape index (κ1) is 33.5. The number of carbonyl (C=O) groups is 1. The second kappa shape index (κ2) is 15.1. The van der Waals surface area contributed by atoms with E-state index in [1.165, 1.54) is 12.1 Å². The first-order chi connectivity index (χ1) is 21.7. The average molecular weight is 631 g/mol. The Morgan fingerprint density at radius 3 is 2.22 bits per heavy atom. The fourth-order valence-corrected chi connectivity index (χ4v) is 7.73. The zero-order valence-corrected chi connectivity index (χ0v) is 26.4. The average Bonchev–Trinajstić information content (AvgIpc) is 3.05. The number of esters is 1. The molecular formula is C37H46F4O4. The Hall–Kier alpha value is -2.87. The van der Waals surface area contributed by atoms with Crippen LogP contribution >= 0.6 is 0 Å². The molecule has 1 N–H and O–H groups in total. The Labute approximate surface area is 264 Å². The molecule has 0 aliphatic heterocycles. The zero-order chi connectivity index (χ0) is 32.1. The Balaban J connectivity index is 1.07. The SMILES string of the molecule is CCCC(O)c1ccc(C2CCC(C(=O)OC3CCC(C4CC=C(c5ccc(OCC)c(F)c5F)CC4)CC3)CC2)c(F)c1F. The number of rotatable bonds is 10. The third-order valence-corrected chi connectivity index (χ3v) is 10.4. The summed E-state index contributed by atoms with van der Waals surface area (Å²) in [6, 6.07) is 6.20. The summed E-state index contributed by atoms with van der Waals surface area (Å²) in [5, 5.41) is 10.1. The molecule has 0 spiro atoms. The number of ether oxygens (including phenoxy) is 2. The Bertz CT molecular complexity index is 1360. The lowest BCUT2D eigenvalue weighted by Crippen LogP contribution is -2.31. The van der Waals surface area contributed by atoms with E-state index >= 15 is 0 Å². The number of allylic oxidation sites excluding steroid dienone is 2. The Kier molecular flexibility index (Phi) is 11.3. The van der Waals surface area contributed by atoms with Crippen LogP contribution in [0.25, 0.3) is 5.57 Å². The molecule has 0 heterocycles. The van der Waals surface area contributed by atoms with Gasteiger partial charge in [-0.3, -0.25) is 4.79 Å². The van der Waals surface area contributed by atoms with Gasteiger partial charge in [0.2, 0.25) is 5.82 Å². The van der Waals surface area contributed by atoms with E-state index < -0.39 is 29.4 Å². The van der Waals surface area contributed by atoms with E-state index in [-0.39, 0.29) is 41.8 Å². The van der Waals surface area contributed by atoms with Crippen molar-refractivity contribution in [2.24, 2.45) is 17.8 Å². The van der Waals surface area contributed by atoms with Crippen molar-refractivity contribution in [1.29, 1.82) is 0 Å². The summed E-state index contributed by atoms with van der Waals surface area (Å²) in [4.78, 5) is 13.0. The van der Waals surface area contributed by atoms with Gasteiger partial charge in [-0.1, -0.05) is 31.6 Å². The van der Waals surface area contributed by atoms with Crippen molar-refractivity contribution in [2.75, 3.05) is 6.61 Å². The van der Waals surface area contributed by atoms with Gasteiger partial charge < -0.3 is 14.6 Å². The molecule has 0 bridgehead atoms. The van der Waals surface area contributed by atoms with E-state index in [0.717, 1.165) is 44.1 Å². The molecule has 3 aliphatic rings. The monoisotopic (exact) mass is 630 g/mol. The lowest BCUT2D eigenvalue weighted by molar-refractivity contribution is -0.157. The van der Waals surface area contributed by atoms with Crippen LogP contribution in [0.1, 0.15) is 126 Å². The third kappa shape index (κ3) is 7.58. The minimum atomic E-state index is -1.01. The van der Waals surface area contributed by atoms with Crippen molar-refractivity contribution in [3.05, 3.63) is 70.3 Å². The van der Waals surface area contributed by atoms with Gasteiger partial charge in [0.25, 0.3) is 0 Å². The molecule has 2 unspecified atom stereocenters. The minimum absolute atomic E-state index is 0.00535. The fourth-order valence-electron chi connectivity index (χ4n) is 7.73. The maximum absolute atomic E-state index is 14.9. The number of carbonyl (C=O) groups excluding carboxylic acids is 1. The molecule has 2 fully saturated rings. The fraction of sp³-hybridized carbons (Fsp3) is 0.595. The number of hydrogen-bond acceptors (Lipinski definition) is 4. The summed E-state index contributed by atoms with van der Waals surface area (Å²) in [7, 11) is 0. The summed E-state index contributed by atoms with van der Waals surface area (Å²) < 4.78 is 69.9. The first-order valence-corrected chi connectivity index (χ1v) is 16.9. The number of aliphatic hydroxyl groups excluding tert-OH is 1. The highest BCUT2D eigenvalue weighted by Crippen LogP contribution is 2.43. The smallest absolute Gasteiger partial charge is 0.309 e. The standard InChI is InChI=1S/C37H46F4O4/c1-3-5-31(42)30-19-18-28(33(38)35(30)40)25-10-12-26(13-11-25)37(43)45-27-16-14-23(15-17-27)22-6-8-24(9-7-22)29-20-21-32(44-4-2)36(41)34(29)39/h8,18-23,25-27,31,42H,3-7,9-17H2,1-2H3. The predicted octanol–water partition coefficient (Wildman–Crippen LogP) is 9.73. The molecule has 2 aromatic carbocycles. The molecule has 0 radical (unpaired) electrons. The Morgan fingerprint density at radius 1 is 0.844 bits per heavy atom. The normalized spacial score (nSPS) is 26.2. The van der Waals surface area contributed by atoms with E-state index in [2.05, 4.69) is 6.08 Å². The summed E-state index contributed by atoms with van der Waals surface area (Å²) in [6.07, 6.45) is 10.3. The molecule has 4 nitrogen and oxygen atoms in total. The molecule has 5 rings (SSSR count). The molecule has 2 aromatic rings. The molecule has 8 heteroatoms. The topological polar surface area (TPSA) is 55.8 Å². The second-order valence-corrected chi connectivity index (χ2v) is 13.1. The number of halogens is 4. The van der Waals surface area contributed by atoms with Crippen LogP contribution in [-0.4, -0.2) is 23.8 Å². The molecule has 0 saturated heterocycles. The largest absolute Gasteiger partial charge is 0.491 e. The first-order valence-electron chi connectivity index (χ1n) is 16.9. The van der Waals surface area contributed by atoms with Crippen molar-refractivity contribution in [3.63, 3.8) is 0 Å². The molecule has 2 atom stereocenters. The van der Waals surface area contributed by atoms with Gasteiger partial charge in [-0.15, -0.1) is 0 Å². The minimum Gasteiger partial charge on any atom is -0.491 e. The van der Waals surface area contributed by atoms with Crippen LogP contribution in [0.4, 0.5) is 17.6 Å². The lowest BCUT2D eigenvalue weighted by atomic mass is 9.72. The van der Waals surface area contributed by atoms with Crippen LogP contribution in [0, 0.1) is 41.0 Å². The van der Waals surface area contributed by atoms with Crippen molar-refractivity contribution in [3.8, 4) is 5.75 Å². The van der Waals surface area contributed by atoms with E-state index in [9.17, 15) is 27.5 Å². The highest BCUT2D eigenvalue weighted by Gasteiger charge is 2.34. The van der Waals surface area contributed by atoms with Gasteiger partial charge in [-0.25, -0.2) is 13.2 Å². The maximum Gasteiger partial charge on any atom is 0.309 e. The van der Waals surface area contributed by atoms with E-state index in [1.807, 2.05) is 6.92 Å². The Morgan fingerprint density at radius 2 is 1.58 bits per heavy atom. The quantitative estimate of drug-likeness (QED) is 0.210. The predicted molar refractivity (Wildman–Crippen MR) is 166 cm³/mol. The van der Waals surface area contributed by atoms with Gasteiger partial charge in [-0.05, 0) is 125 Å². The van der Waals surface area contributed by atoms with Gasteiger partial charge in [-0.2, -0.15) is 4.39 Å². The number of aliphatic hydroxyl groups is 1. The van der Waals surface area contributed by atoms with Crippen LogP contribution in [0.2, 0.25) is 0 Å². The van der Waals surface area contributed by atoms with Crippen LogP contribution in [0.5, 0.6) is 5.75 Å². The molecule has 246 valence electrons. The van der Waals surface area contributed by atoms with Gasteiger partial charge >= 0.3 is 5.97 Å². The van der Waals surface area contributed by atoms with E-state index in [0.29, 0.717) is 67.9 Å². The number of hydrogen-bond donors (Lipinski definition) is 1. The van der Waals surface area contributed by atoms with Gasteiger partial charge in [0.1, 0.15) is 6.10 Å². The van der Waals surface area contributed by atoms with Gasteiger partial charge in [0.15, 0.2) is 23.2 Å². The second-order valence-electron chi connectivity index (χ2n) is 13.1. The van der Waals surface area contributed by atoms with Gasteiger partial charge in [0.05, 0.1) is 18.6 Å². The highest BCUT2D eigenvalue weighted by molar-refractivity contribution is 5.72. The molecule has 2 saturated carbocycles. The van der Waals surface area contributed by atoms with Crippen LogP contribution < -0.4 is 4.74 Å². The zero-order valence-electron chi connectivity index (χ0n) is 26.4. The molecule has 0 aromatic heterocycles. The third-order valence-electron chi connectivity index (χ3n) is 10.4. The van der Waals surface area contributed by atoms with Crippen LogP contribution in [0.3, 0.4) is 0 Å². The number of benzene rings is 2. The highest BCUT2D eigenvalue weighted by atomic mass is 19.2. The van der Waals surface area contributed by atoms with Crippen molar-refractivity contribution in [2.45, 2.75) is 115 Å². The van der Waals surface area contributed by atoms with Crippen molar-refractivity contribution in [1.82, 2.24) is 0 Å². The van der Waals surface area contributed by atoms with Crippen LogP contribution in [-0.2, 0) is 9.53 Å². The van der Waals surface area contributed by atoms with Crippen molar-refractivity contribution < 1.29 is 36.9 Å². The summed E-state index contributed by atoms with van der Waals surface area (Å²) >= 11 is 0. The maximum atomic E-state index is 14.9.